The van der Waals surface area contributed by atoms with E-state index in [2.05, 4.69) is 10.1 Å². The summed E-state index contributed by atoms with van der Waals surface area (Å²) in [6.07, 6.45) is 3.91. The lowest BCUT2D eigenvalue weighted by molar-refractivity contribution is -0.139. The highest BCUT2D eigenvalue weighted by atomic mass is 16.5. The van der Waals surface area contributed by atoms with E-state index in [9.17, 15) is 9.59 Å². The van der Waals surface area contributed by atoms with E-state index in [1.165, 1.54) is 13.5 Å². The van der Waals surface area contributed by atoms with E-state index in [0.29, 0.717) is 13.0 Å². The van der Waals surface area contributed by atoms with Crippen LogP contribution in [-0.2, 0) is 14.3 Å². The van der Waals surface area contributed by atoms with Crippen molar-refractivity contribution in [2.45, 2.75) is 25.7 Å². The predicted molar refractivity (Wildman–Crippen MR) is 59.9 cm³/mol. The third kappa shape index (κ3) is 4.61. The van der Waals surface area contributed by atoms with Gasteiger partial charge in [0.05, 0.1) is 13.7 Å². The molecule has 1 aliphatic heterocycles. The van der Waals surface area contributed by atoms with E-state index < -0.39 is 0 Å². The van der Waals surface area contributed by atoms with Crippen LogP contribution >= 0.6 is 0 Å². The molecule has 0 aromatic heterocycles. The number of amides is 1. The summed E-state index contributed by atoms with van der Waals surface area (Å²) < 4.78 is 4.48. The largest absolute Gasteiger partial charge is 0.468 e. The average molecular weight is 228 g/mol. The second-order valence-corrected chi connectivity index (χ2v) is 3.94. The number of hydrogen-bond donors (Lipinski definition) is 1. The topological polar surface area (TPSA) is 58.6 Å². The Bertz CT molecular complexity index is 237. The van der Waals surface area contributed by atoms with Gasteiger partial charge < -0.3 is 15.0 Å². The van der Waals surface area contributed by atoms with Crippen molar-refractivity contribution in [2.24, 2.45) is 0 Å². The van der Waals surface area contributed by atoms with E-state index in [0.717, 1.165) is 25.9 Å². The minimum absolute atomic E-state index is 0.170. The molecule has 1 fully saturated rings. The molecule has 0 atom stereocenters. The molecule has 0 radical (unpaired) electrons. The van der Waals surface area contributed by atoms with E-state index in [1.807, 2.05) is 4.90 Å². The number of ether oxygens (including phenoxy) is 1. The third-order valence-electron chi connectivity index (χ3n) is 2.72. The fourth-order valence-electron chi connectivity index (χ4n) is 1.76. The Morgan fingerprint density at radius 3 is 2.56 bits per heavy atom. The van der Waals surface area contributed by atoms with Crippen LogP contribution in [0.25, 0.3) is 0 Å². The number of nitrogens with one attached hydrogen (secondary N) is 1. The summed E-state index contributed by atoms with van der Waals surface area (Å²) >= 11 is 0. The molecule has 1 N–H and O–H groups in total. The number of esters is 1. The maximum absolute atomic E-state index is 11.7. The van der Waals surface area contributed by atoms with E-state index in [1.54, 1.807) is 0 Å². The highest BCUT2D eigenvalue weighted by Crippen LogP contribution is 2.09. The van der Waals surface area contributed by atoms with Crippen LogP contribution in [0.3, 0.4) is 0 Å². The highest BCUT2D eigenvalue weighted by Gasteiger charge is 2.15. The number of carbonyl (C=O) groups is 2. The number of likely N-dealkylation sites (tertiary alicyclic amines) is 1. The molecule has 0 aliphatic carbocycles. The van der Waals surface area contributed by atoms with Crippen molar-refractivity contribution in [3.8, 4) is 0 Å². The van der Waals surface area contributed by atoms with Crippen LogP contribution in [0.1, 0.15) is 25.7 Å². The van der Waals surface area contributed by atoms with Crippen molar-refractivity contribution in [1.82, 2.24) is 10.2 Å². The van der Waals surface area contributed by atoms with Crippen LogP contribution in [0.5, 0.6) is 0 Å². The quantitative estimate of drug-likeness (QED) is 0.537. The second kappa shape index (κ2) is 7.22. The molecule has 0 spiro atoms. The maximum Gasteiger partial charge on any atom is 0.319 e. The fraction of sp³-hybridized carbons (Fsp3) is 0.818. The molecule has 0 unspecified atom stereocenters. The molecular weight excluding hydrogens is 208 g/mol. The maximum atomic E-state index is 11.7. The molecule has 1 heterocycles. The Kier molecular flexibility index (Phi) is 5.85. The summed E-state index contributed by atoms with van der Waals surface area (Å²) in [6, 6.07) is 0. The number of piperidine rings is 1. The summed E-state index contributed by atoms with van der Waals surface area (Å²) in [6.45, 7) is 2.47. The summed E-state index contributed by atoms with van der Waals surface area (Å²) in [4.78, 5) is 24.4. The van der Waals surface area contributed by atoms with E-state index in [4.69, 9.17) is 0 Å². The predicted octanol–water partition coefficient (Wildman–Crippen LogP) is 0.152. The number of rotatable bonds is 5. The van der Waals surface area contributed by atoms with Crippen molar-refractivity contribution in [1.29, 1.82) is 0 Å². The molecule has 1 rings (SSSR count). The molecular formula is C11H20N2O3. The Labute approximate surface area is 96.1 Å². The summed E-state index contributed by atoms with van der Waals surface area (Å²) in [5.74, 6) is -0.123. The van der Waals surface area contributed by atoms with Gasteiger partial charge in [-0.05, 0) is 19.3 Å². The van der Waals surface area contributed by atoms with E-state index in [-0.39, 0.29) is 18.4 Å². The van der Waals surface area contributed by atoms with Gasteiger partial charge in [-0.2, -0.15) is 0 Å². The highest BCUT2D eigenvalue weighted by molar-refractivity contribution is 5.76. The molecule has 0 bridgehead atoms. The first-order valence-electron chi connectivity index (χ1n) is 5.79. The van der Waals surface area contributed by atoms with Crippen LogP contribution in [0.4, 0.5) is 0 Å². The lowest BCUT2D eigenvalue weighted by Gasteiger charge is -2.26. The zero-order chi connectivity index (χ0) is 11.8. The Morgan fingerprint density at radius 2 is 1.94 bits per heavy atom. The van der Waals surface area contributed by atoms with Gasteiger partial charge in [-0.3, -0.25) is 9.59 Å². The lowest BCUT2D eigenvalue weighted by atomic mass is 10.1. The number of hydrogen-bond acceptors (Lipinski definition) is 4. The molecule has 1 amide bonds. The minimum Gasteiger partial charge on any atom is -0.468 e. The normalized spacial score (nSPS) is 15.9. The fourth-order valence-corrected chi connectivity index (χ4v) is 1.76. The SMILES string of the molecule is COC(=O)CNCCC(=O)N1CCCCC1. The molecule has 1 aliphatic rings. The first-order valence-corrected chi connectivity index (χ1v) is 5.79. The van der Waals surface area contributed by atoms with Crippen molar-refractivity contribution in [2.75, 3.05) is 33.3 Å². The zero-order valence-corrected chi connectivity index (χ0v) is 9.83. The van der Waals surface area contributed by atoms with Crippen LogP contribution in [-0.4, -0.2) is 50.1 Å². The van der Waals surface area contributed by atoms with Crippen LogP contribution in [0.2, 0.25) is 0 Å². The standard InChI is InChI=1S/C11H20N2O3/c1-16-11(15)9-12-6-5-10(14)13-7-3-2-4-8-13/h12H,2-9H2,1H3. The Balaban J connectivity index is 2.07. The molecule has 0 aromatic carbocycles. The molecule has 0 saturated carbocycles. The smallest absolute Gasteiger partial charge is 0.319 e. The van der Waals surface area contributed by atoms with Crippen LogP contribution < -0.4 is 5.32 Å². The average Bonchev–Trinajstić information content (AvgIpc) is 2.35. The van der Waals surface area contributed by atoms with Crippen LogP contribution in [0.15, 0.2) is 0 Å². The Hall–Kier alpha value is -1.10. The van der Waals surface area contributed by atoms with Gasteiger partial charge in [-0.1, -0.05) is 0 Å². The van der Waals surface area contributed by atoms with E-state index >= 15 is 0 Å². The molecule has 5 nitrogen and oxygen atoms in total. The lowest BCUT2D eigenvalue weighted by Crippen LogP contribution is -2.37. The molecule has 5 heteroatoms. The van der Waals surface area contributed by atoms with Crippen molar-refractivity contribution in [3.05, 3.63) is 0 Å². The van der Waals surface area contributed by atoms with Crippen molar-refractivity contribution in [3.63, 3.8) is 0 Å². The first kappa shape index (κ1) is 13.0. The summed E-state index contributed by atoms with van der Waals surface area (Å²) in [5.41, 5.74) is 0. The zero-order valence-electron chi connectivity index (χ0n) is 9.83. The molecule has 1 saturated heterocycles. The van der Waals surface area contributed by atoms with Crippen molar-refractivity contribution < 1.29 is 14.3 Å². The van der Waals surface area contributed by atoms with Gasteiger partial charge >= 0.3 is 5.97 Å². The third-order valence-corrected chi connectivity index (χ3v) is 2.72. The number of carbonyl (C=O) groups excluding carboxylic acids is 2. The monoisotopic (exact) mass is 228 g/mol. The first-order chi connectivity index (χ1) is 7.74. The van der Waals surface area contributed by atoms with Gasteiger partial charge in [0.1, 0.15) is 0 Å². The van der Waals surface area contributed by atoms with Gasteiger partial charge in [0.2, 0.25) is 5.91 Å². The molecule has 92 valence electrons. The molecule has 16 heavy (non-hydrogen) atoms. The van der Waals surface area contributed by atoms with Gasteiger partial charge in [-0.15, -0.1) is 0 Å². The van der Waals surface area contributed by atoms with Gasteiger partial charge in [0.15, 0.2) is 0 Å². The van der Waals surface area contributed by atoms with Gasteiger partial charge in [0.25, 0.3) is 0 Å². The minimum atomic E-state index is -0.301. The Morgan fingerprint density at radius 1 is 1.25 bits per heavy atom. The van der Waals surface area contributed by atoms with Gasteiger partial charge in [-0.25, -0.2) is 0 Å². The van der Waals surface area contributed by atoms with Gasteiger partial charge in [0, 0.05) is 26.1 Å². The number of methoxy groups -OCH3 is 1. The van der Waals surface area contributed by atoms with Crippen molar-refractivity contribution >= 4 is 11.9 Å². The summed E-state index contributed by atoms with van der Waals surface area (Å²) in [7, 11) is 1.35. The molecule has 0 aromatic rings. The number of nitrogens with zero attached hydrogens (tertiary/aromatic N) is 1. The van der Waals surface area contributed by atoms with Crippen LogP contribution in [0, 0.1) is 0 Å². The second-order valence-electron chi connectivity index (χ2n) is 3.94. The summed E-state index contributed by atoms with van der Waals surface area (Å²) in [5, 5.41) is 2.88.